The van der Waals surface area contributed by atoms with Gasteiger partial charge in [-0.3, -0.25) is 0 Å². The van der Waals surface area contributed by atoms with Gasteiger partial charge in [0, 0.05) is 17.1 Å². The van der Waals surface area contributed by atoms with Crippen LogP contribution in [-0.4, -0.2) is 27.5 Å². The maximum absolute atomic E-state index is 12.0. The van der Waals surface area contributed by atoms with Gasteiger partial charge < -0.3 is 5.32 Å². The van der Waals surface area contributed by atoms with E-state index in [1.165, 1.54) is 0 Å². The molecule has 0 aliphatic carbocycles. The first-order chi connectivity index (χ1) is 7.58. The van der Waals surface area contributed by atoms with Crippen LogP contribution in [0.5, 0.6) is 0 Å². The van der Waals surface area contributed by atoms with Crippen molar-refractivity contribution in [3.63, 3.8) is 0 Å². The first-order valence-electron chi connectivity index (χ1n) is 5.06. The highest BCUT2D eigenvalue weighted by Crippen LogP contribution is 2.16. The number of sulfonamides is 1. The van der Waals surface area contributed by atoms with Gasteiger partial charge in [-0.15, -0.1) is 0 Å². The molecule has 0 spiro atoms. The summed E-state index contributed by atoms with van der Waals surface area (Å²) in [7, 11) is -3.39. The molecule has 1 heterocycles. The van der Waals surface area contributed by atoms with Gasteiger partial charge in [-0.25, -0.2) is 13.1 Å². The van der Waals surface area contributed by atoms with E-state index < -0.39 is 10.0 Å². The zero-order valence-electron chi connectivity index (χ0n) is 8.61. The Morgan fingerprint density at radius 3 is 2.88 bits per heavy atom. The third-order valence-corrected chi connectivity index (χ3v) is 4.50. The van der Waals surface area contributed by atoms with E-state index in [1.807, 2.05) is 0 Å². The van der Waals surface area contributed by atoms with Crippen molar-refractivity contribution in [2.75, 3.05) is 13.1 Å². The van der Waals surface area contributed by atoms with Gasteiger partial charge in [0.15, 0.2) is 0 Å². The first kappa shape index (κ1) is 12.0. The monoisotopic (exact) mass is 304 g/mol. The maximum atomic E-state index is 12.0. The van der Waals surface area contributed by atoms with Gasteiger partial charge in [-0.2, -0.15) is 0 Å². The van der Waals surface area contributed by atoms with E-state index in [1.54, 1.807) is 24.3 Å². The number of benzene rings is 1. The number of nitrogens with one attached hydrogen (secondary N) is 2. The minimum Gasteiger partial charge on any atom is -0.315 e. The molecule has 0 radical (unpaired) electrons. The van der Waals surface area contributed by atoms with Crippen molar-refractivity contribution in [1.29, 1.82) is 0 Å². The topological polar surface area (TPSA) is 58.2 Å². The fourth-order valence-corrected chi connectivity index (χ4v) is 3.54. The van der Waals surface area contributed by atoms with Crippen molar-refractivity contribution in [3.05, 3.63) is 28.7 Å². The van der Waals surface area contributed by atoms with E-state index in [-0.39, 0.29) is 6.04 Å². The summed E-state index contributed by atoms with van der Waals surface area (Å²) in [5, 5.41) is 3.12. The molecule has 1 aliphatic heterocycles. The Hall–Kier alpha value is -0.430. The van der Waals surface area contributed by atoms with Crippen molar-refractivity contribution in [1.82, 2.24) is 10.0 Å². The van der Waals surface area contributed by atoms with Crippen LogP contribution in [0, 0.1) is 0 Å². The highest BCUT2D eigenvalue weighted by molar-refractivity contribution is 9.10. The SMILES string of the molecule is O=S(=O)(N[C@H]1CCNC1)c1cccc(Br)c1. The Morgan fingerprint density at radius 2 is 2.25 bits per heavy atom. The Labute approximate surface area is 104 Å². The van der Waals surface area contributed by atoms with E-state index in [9.17, 15) is 8.42 Å². The number of hydrogen-bond acceptors (Lipinski definition) is 3. The minimum absolute atomic E-state index is 0.00369. The molecular weight excluding hydrogens is 292 g/mol. The Morgan fingerprint density at radius 1 is 1.44 bits per heavy atom. The van der Waals surface area contributed by atoms with Gasteiger partial charge in [-0.1, -0.05) is 22.0 Å². The predicted octanol–water partition coefficient (Wildman–Crippen LogP) is 1.09. The molecule has 4 nitrogen and oxygen atoms in total. The molecule has 2 rings (SSSR count). The third-order valence-electron chi connectivity index (χ3n) is 2.49. The quantitative estimate of drug-likeness (QED) is 0.879. The molecule has 1 atom stereocenters. The molecule has 88 valence electrons. The molecule has 6 heteroatoms. The highest BCUT2D eigenvalue weighted by atomic mass is 79.9. The Kier molecular flexibility index (Phi) is 3.63. The zero-order chi connectivity index (χ0) is 11.6. The Balaban J connectivity index is 2.18. The molecule has 2 N–H and O–H groups in total. The molecular formula is C10H13BrN2O2S. The van der Waals surface area contributed by atoms with Crippen molar-refractivity contribution in [2.24, 2.45) is 0 Å². The van der Waals surface area contributed by atoms with E-state index in [0.717, 1.165) is 17.4 Å². The molecule has 1 fully saturated rings. The van der Waals surface area contributed by atoms with Gasteiger partial charge in [0.1, 0.15) is 0 Å². The van der Waals surface area contributed by atoms with Gasteiger partial charge in [0.2, 0.25) is 10.0 Å². The average molecular weight is 305 g/mol. The molecule has 0 bridgehead atoms. The van der Waals surface area contributed by atoms with Gasteiger partial charge in [0.25, 0.3) is 0 Å². The number of rotatable bonds is 3. The molecule has 16 heavy (non-hydrogen) atoms. The van der Waals surface area contributed by atoms with Crippen LogP contribution in [-0.2, 0) is 10.0 Å². The third kappa shape index (κ3) is 2.82. The lowest BCUT2D eigenvalue weighted by atomic mass is 10.3. The molecule has 0 unspecified atom stereocenters. The standard InChI is InChI=1S/C10H13BrN2O2S/c11-8-2-1-3-10(6-8)16(14,15)13-9-4-5-12-7-9/h1-3,6,9,12-13H,4-5,7H2/t9-/m0/s1. The van der Waals surface area contributed by atoms with E-state index in [4.69, 9.17) is 0 Å². The second-order valence-corrected chi connectivity index (χ2v) is 6.40. The lowest BCUT2D eigenvalue weighted by Gasteiger charge is -2.11. The number of hydrogen-bond donors (Lipinski definition) is 2. The van der Waals surface area contributed by atoms with E-state index in [2.05, 4.69) is 26.0 Å². The van der Waals surface area contributed by atoms with E-state index >= 15 is 0 Å². The lowest BCUT2D eigenvalue weighted by molar-refractivity contribution is 0.560. The largest absolute Gasteiger partial charge is 0.315 e. The van der Waals surface area contributed by atoms with Crippen molar-refractivity contribution in [3.8, 4) is 0 Å². The molecule has 1 aromatic carbocycles. The lowest BCUT2D eigenvalue weighted by Crippen LogP contribution is -2.36. The normalized spacial score (nSPS) is 21.2. The minimum atomic E-state index is -3.39. The second-order valence-electron chi connectivity index (χ2n) is 3.77. The molecule has 1 saturated heterocycles. The maximum Gasteiger partial charge on any atom is 0.240 e. The van der Waals surface area contributed by atoms with Crippen molar-refractivity contribution >= 4 is 26.0 Å². The van der Waals surface area contributed by atoms with E-state index in [0.29, 0.717) is 11.4 Å². The molecule has 0 aromatic heterocycles. The summed E-state index contributed by atoms with van der Waals surface area (Å²) in [6.07, 6.45) is 0.841. The Bertz CT molecular complexity index is 469. The van der Waals surface area contributed by atoms with Crippen LogP contribution < -0.4 is 10.0 Å². The van der Waals surface area contributed by atoms with Crippen LogP contribution >= 0.6 is 15.9 Å². The van der Waals surface area contributed by atoms with Gasteiger partial charge in [0.05, 0.1) is 4.90 Å². The van der Waals surface area contributed by atoms with Gasteiger partial charge >= 0.3 is 0 Å². The van der Waals surface area contributed by atoms with Crippen LogP contribution in [0.15, 0.2) is 33.6 Å². The summed E-state index contributed by atoms with van der Waals surface area (Å²) >= 11 is 3.26. The van der Waals surface area contributed by atoms with Crippen LogP contribution in [0.4, 0.5) is 0 Å². The molecule has 1 aromatic rings. The molecule has 1 aliphatic rings. The first-order valence-corrected chi connectivity index (χ1v) is 7.34. The van der Waals surface area contributed by atoms with Crippen LogP contribution in [0.1, 0.15) is 6.42 Å². The summed E-state index contributed by atoms with van der Waals surface area (Å²) in [5.74, 6) is 0. The summed E-state index contributed by atoms with van der Waals surface area (Å²) in [4.78, 5) is 0.300. The van der Waals surface area contributed by atoms with Crippen molar-refractivity contribution in [2.45, 2.75) is 17.4 Å². The smallest absolute Gasteiger partial charge is 0.240 e. The fourth-order valence-electron chi connectivity index (χ4n) is 1.68. The number of halogens is 1. The predicted molar refractivity (Wildman–Crippen MR) is 65.7 cm³/mol. The van der Waals surface area contributed by atoms with Gasteiger partial charge in [-0.05, 0) is 31.2 Å². The average Bonchev–Trinajstić information content (AvgIpc) is 2.70. The zero-order valence-corrected chi connectivity index (χ0v) is 11.0. The summed E-state index contributed by atoms with van der Waals surface area (Å²) in [6.45, 7) is 1.57. The van der Waals surface area contributed by atoms with Crippen molar-refractivity contribution < 1.29 is 8.42 Å². The molecule has 0 amide bonds. The van der Waals surface area contributed by atoms with Crippen LogP contribution in [0.2, 0.25) is 0 Å². The van der Waals surface area contributed by atoms with Crippen LogP contribution in [0.3, 0.4) is 0 Å². The summed E-state index contributed by atoms with van der Waals surface area (Å²) in [6, 6.07) is 6.71. The van der Waals surface area contributed by atoms with Crippen LogP contribution in [0.25, 0.3) is 0 Å². The summed E-state index contributed by atoms with van der Waals surface area (Å²) in [5.41, 5.74) is 0. The highest BCUT2D eigenvalue weighted by Gasteiger charge is 2.22. The summed E-state index contributed by atoms with van der Waals surface area (Å²) < 4.78 is 27.4. The fraction of sp³-hybridized carbons (Fsp3) is 0.400. The second kappa shape index (κ2) is 4.83. The molecule has 0 saturated carbocycles.